The first kappa shape index (κ1) is 23.5. The van der Waals surface area contributed by atoms with Gasteiger partial charge in [0, 0.05) is 48.6 Å². The van der Waals surface area contributed by atoms with Crippen LogP contribution in [0.15, 0.2) is 52.2 Å². The minimum absolute atomic E-state index is 0. The zero-order chi connectivity index (χ0) is 18.8. The van der Waals surface area contributed by atoms with Crippen molar-refractivity contribution < 1.29 is 4.79 Å². The second-order valence-corrected chi connectivity index (χ2v) is 6.78. The molecule has 0 saturated carbocycles. The van der Waals surface area contributed by atoms with Gasteiger partial charge in [-0.25, -0.2) is 0 Å². The molecule has 2 aromatic rings. The van der Waals surface area contributed by atoms with Gasteiger partial charge >= 0.3 is 0 Å². The molecular formula is C19H27BrIN5O. The third-order valence-corrected chi connectivity index (χ3v) is 4.25. The summed E-state index contributed by atoms with van der Waals surface area (Å²) in [4.78, 5) is 16.6. The molecule has 1 heterocycles. The van der Waals surface area contributed by atoms with Crippen molar-refractivity contribution >= 4 is 57.5 Å². The van der Waals surface area contributed by atoms with Gasteiger partial charge in [-0.3, -0.25) is 9.79 Å². The van der Waals surface area contributed by atoms with Crippen molar-refractivity contribution in [3.63, 3.8) is 0 Å². The number of aryl methyl sites for hydroxylation is 1. The van der Waals surface area contributed by atoms with E-state index in [1.807, 2.05) is 56.6 Å². The number of benzene rings is 1. The molecule has 0 aliphatic heterocycles. The number of rotatable bonds is 8. The summed E-state index contributed by atoms with van der Waals surface area (Å²) in [7, 11) is 0. The van der Waals surface area contributed by atoms with Crippen molar-refractivity contribution in [1.29, 1.82) is 0 Å². The number of nitrogens with zero attached hydrogens (tertiary/aromatic N) is 2. The molecule has 2 rings (SSSR count). The van der Waals surface area contributed by atoms with Crippen LogP contribution in [0.5, 0.6) is 0 Å². The highest BCUT2D eigenvalue weighted by Gasteiger charge is 2.05. The maximum Gasteiger partial charge on any atom is 0.226 e. The van der Waals surface area contributed by atoms with Gasteiger partial charge in [-0.05, 0) is 43.7 Å². The molecule has 0 aliphatic carbocycles. The van der Waals surface area contributed by atoms with Gasteiger partial charge in [-0.1, -0.05) is 22.0 Å². The zero-order valence-corrected chi connectivity index (χ0v) is 19.6. The number of hydrogen-bond acceptors (Lipinski definition) is 2. The molecule has 0 bridgehead atoms. The lowest BCUT2D eigenvalue weighted by molar-refractivity contribution is -0.116. The summed E-state index contributed by atoms with van der Waals surface area (Å²) in [6, 6.07) is 9.84. The van der Waals surface area contributed by atoms with Crippen LogP contribution in [0.25, 0.3) is 0 Å². The van der Waals surface area contributed by atoms with Gasteiger partial charge in [0.25, 0.3) is 0 Å². The molecule has 0 unspecified atom stereocenters. The molecule has 27 heavy (non-hydrogen) atoms. The molecule has 1 aromatic carbocycles. The Bertz CT molecular complexity index is 734. The van der Waals surface area contributed by atoms with E-state index in [0.717, 1.165) is 41.3 Å². The molecule has 1 amide bonds. The summed E-state index contributed by atoms with van der Waals surface area (Å²) >= 11 is 3.42. The van der Waals surface area contributed by atoms with Gasteiger partial charge < -0.3 is 20.5 Å². The van der Waals surface area contributed by atoms with Crippen molar-refractivity contribution in [2.45, 2.75) is 26.8 Å². The van der Waals surface area contributed by atoms with Gasteiger partial charge in [0.1, 0.15) is 0 Å². The van der Waals surface area contributed by atoms with Crippen molar-refractivity contribution in [1.82, 2.24) is 15.2 Å². The SMILES string of the molecule is CCNC(=NCCC(=O)Nc1cc(Br)ccc1C)NCCn1cccc1.I. The number of guanidine groups is 1. The number of halogens is 2. The van der Waals surface area contributed by atoms with E-state index in [9.17, 15) is 4.79 Å². The van der Waals surface area contributed by atoms with E-state index in [0.29, 0.717) is 13.0 Å². The average molecular weight is 548 g/mol. The largest absolute Gasteiger partial charge is 0.357 e. The first-order chi connectivity index (χ1) is 12.6. The van der Waals surface area contributed by atoms with Crippen LogP contribution < -0.4 is 16.0 Å². The molecule has 148 valence electrons. The van der Waals surface area contributed by atoms with E-state index < -0.39 is 0 Å². The zero-order valence-electron chi connectivity index (χ0n) is 15.7. The van der Waals surface area contributed by atoms with Crippen LogP contribution in [0.3, 0.4) is 0 Å². The van der Waals surface area contributed by atoms with E-state index in [-0.39, 0.29) is 29.9 Å². The predicted molar refractivity (Wildman–Crippen MR) is 126 cm³/mol. The summed E-state index contributed by atoms with van der Waals surface area (Å²) < 4.78 is 3.04. The summed E-state index contributed by atoms with van der Waals surface area (Å²) in [5, 5.41) is 9.41. The minimum Gasteiger partial charge on any atom is -0.357 e. The molecule has 3 N–H and O–H groups in total. The second kappa shape index (κ2) is 12.8. The van der Waals surface area contributed by atoms with Crippen molar-refractivity contribution in [3.8, 4) is 0 Å². The molecule has 0 radical (unpaired) electrons. The number of carbonyl (C=O) groups excluding carboxylic acids is 1. The molecule has 0 spiro atoms. The van der Waals surface area contributed by atoms with E-state index in [1.165, 1.54) is 0 Å². The first-order valence-electron chi connectivity index (χ1n) is 8.77. The first-order valence-corrected chi connectivity index (χ1v) is 9.56. The minimum atomic E-state index is -0.0434. The van der Waals surface area contributed by atoms with E-state index >= 15 is 0 Å². The van der Waals surface area contributed by atoms with Crippen LogP contribution in [0, 0.1) is 6.92 Å². The third kappa shape index (κ3) is 8.79. The Morgan fingerprint density at radius 1 is 1.22 bits per heavy atom. The molecule has 8 heteroatoms. The number of hydrogen-bond donors (Lipinski definition) is 3. The Labute approximate surface area is 186 Å². The average Bonchev–Trinajstić information content (AvgIpc) is 3.11. The highest BCUT2D eigenvalue weighted by molar-refractivity contribution is 14.0. The van der Waals surface area contributed by atoms with Crippen LogP contribution in [0.1, 0.15) is 18.9 Å². The van der Waals surface area contributed by atoms with Crippen LogP contribution in [0.2, 0.25) is 0 Å². The number of amides is 1. The molecule has 0 fully saturated rings. The quantitative estimate of drug-likeness (QED) is 0.268. The third-order valence-electron chi connectivity index (χ3n) is 3.76. The van der Waals surface area contributed by atoms with Crippen molar-refractivity contribution in [3.05, 3.63) is 52.8 Å². The monoisotopic (exact) mass is 547 g/mol. The fraction of sp³-hybridized carbons (Fsp3) is 0.368. The fourth-order valence-electron chi connectivity index (χ4n) is 2.38. The molecule has 1 aromatic heterocycles. The molecule has 0 saturated heterocycles. The second-order valence-electron chi connectivity index (χ2n) is 5.87. The molecule has 0 aliphatic rings. The normalized spacial score (nSPS) is 10.9. The lowest BCUT2D eigenvalue weighted by Gasteiger charge is -2.12. The highest BCUT2D eigenvalue weighted by Crippen LogP contribution is 2.20. The molecule has 6 nitrogen and oxygen atoms in total. The fourth-order valence-corrected chi connectivity index (χ4v) is 2.74. The van der Waals surface area contributed by atoms with Crippen LogP contribution >= 0.6 is 39.9 Å². The van der Waals surface area contributed by atoms with Crippen LogP contribution in [-0.2, 0) is 11.3 Å². The van der Waals surface area contributed by atoms with Crippen LogP contribution in [-0.4, -0.2) is 36.1 Å². The maximum atomic E-state index is 12.1. The topological polar surface area (TPSA) is 70.4 Å². The Morgan fingerprint density at radius 2 is 1.96 bits per heavy atom. The Balaban J connectivity index is 0.00000364. The van der Waals surface area contributed by atoms with Crippen molar-refractivity contribution in [2.24, 2.45) is 4.99 Å². The van der Waals surface area contributed by atoms with E-state index in [1.54, 1.807) is 0 Å². The van der Waals surface area contributed by atoms with Gasteiger partial charge in [0.15, 0.2) is 5.96 Å². The van der Waals surface area contributed by atoms with Gasteiger partial charge in [0.2, 0.25) is 5.91 Å². The lowest BCUT2D eigenvalue weighted by atomic mass is 10.2. The Kier molecular flexibility index (Phi) is 11.1. The van der Waals surface area contributed by atoms with Gasteiger partial charge in [0.05, 0.1) is 6.54 Å². The maximum absolute atomic E-state index is 12.1. The van der Waals surface area contributed by atoms with Gasteiger partial charge in [-0.15, -0.1) is 24.0 Å². The summed E-state index contributed by atoms with van der Waals surface area (Å²) in [6.07, 6.45) is 4.39. The standard InChI is InChI=1S/C19H26BrN5O.HI/c1-3-21-19(23-10-13-25-11-4-5-12-25)22-9-8-18(26)24-17-14-16(20)7-6-15(17)2;/h4-7,11-12,14H,3,8-10,13H2,1-2H3,(H,24,26)(H2,21,22,23);1H. The van der Waals surface area contributed by atoms with E-state index in [2.05, 4.69) is 41.4 Å². The number of nitrogens with one attached hydrogen (secondary N) is 3. The van der Waals surface area contributed by atoms with Crippen LogP contribution in [0.4, 0.5) is 5.69 Å². The summed E-state index contributed by atoms with van der Waals surface area (Å²) in [6.45, 7) is 6.82. The highest BCUT2D eigenvalue weighted by atomic mass is 127. The Morgan fingerprint density at radius 3 is 2.67 bits per heavy atom. The number of aromatic nitrogens is 1. The summed E-state index contributed by atoms with van der Waals surface area (Å²) in [5.41, 5.74) is 1.86. The molecule has 0 atom stereocenters. The predicted octanol–water partition coefficient (Wildman–Crippen LogP) is 3.76. The van der Waals surface area contributed by atoms with Crippen molar-refractivity contribution in [2.75, 3.05) is 25.0 Å². The Hall–Kier alpha value is -1.55. The van der Waals surface area contributed by atoms with Gasteiger partial charge in [-0.2, -0.15) is 0 Å². The smallest absolute Gasteiger partial charge is 0.226 e. The van der Waals surface area contributed by atoms with E-state index in [4.69, 9.17) is 0 Å². The number of anilines is 1. The summed E-state index contributed by atoms with van der Waals surface area (Å²) in [5.74, 6) is 0.684. The molecular weight excluding hydrogens is 521 g/mol. The lowest BCUT2D eigenvalue weighted by Crippen LogP contribution is -2.39. The number of carbonyl (C=O) groups is 1. The number of aliphatic imine (C=N–C) groups is 1.